The third-order valence-electron chi connectivity index (χ3n) is 12.4. The highest BCUT2D eigenvalue weighted by Crippen LogP contribution is 2.42. The first kappa shape index (κ1) is 37.6. The Kier molecular flexibility index (Phi) is 9.36. The van der Waals surface area contributed by atoms with Crippen LogP contribution in [0.4, 0.5) is 34.1 Å². The topological polar surface area (TPSA) is 11.4 Å². The van der Waals surface area contributed by atoms with E-state index in [9.17, 15) is 0 Å². The number of aromatic nitrogens is 1. The van der Waals surface area contributed by atoms with Gasteiger partial charge in [-0.15, -0.1) is 11.3 Å². The molecule has 0 saturated carbocycles. The standard InChI is InChI=1S/C60H41N3S/c1-5-15-46(16-6-1)61(47-17-7-2-8-18-47)50-31-25-42(26-32-50)44-29-37-57-55(39-44)56-40-45(30-38-58(56)63(57)52-35-36-54-53-23-13-14-24-59(53)64-60(54)41-52)43-27-33-51(34-28-43)62(48-19-9-3-10-20-48)49-21-11-4-12-22-49/h1-41H. The van der Waals surface area contributed by atoms with Crippen LogP contribution in [-0.2, 0) is 0 Å². The highest BCUT2D eigenvalue weighted by atomic mass is 32.1. The maximum atomic E-state index is 2.45. The monoisotopic (exact) mass is 835 g/mol. The molecule has 0 amide bonds. The van der Waals surface area contributed by atoms with Crippen LogP contribution < -0.4 is 9.80 Å². The minimum absolute atomic E-state index is 1.11. The molecule has 0 atom stereocenters. The Hall–Kier alpha value is -8.18. The average molecular weight is 836 g/mol. The van der Waals surface area contributed by atoms with Crippen LogP contribution in [0.2, 0.25) is 0 Å². The summed E-state index contributed by atoms with van der Waals surface area (Å²) in [6.07, 6.45) is 0. The van der Waals surface area contributed by atoms with Gasteiger partial charge in [0.1, 0.15) is 0 Å². The smallest absolute Gasteiger partial charge is 0.0541 e. The van der Waals surface area contributed by atoms with Crippen molar-refractivity contribution < 1.29 is 0 Å². The fourth-order valence-corrected chi connectivity index (χ4v) is 10.5. The van der Waals surface area contributed by atoms with E-state index < -0.39 is 0 Å². The van der Waals surface area contributed by atoms with Gasteiger partial charge in [0.05, 0.1) is 11.0 Å². The molecule has 2 aromatic heterocycles. The number of para-hydroxylation sites is 4. The molecule has 0 aliphatic rings. The van der Waals surface area contributed by atoms with Crippen molar-refractivity contribution in [1.29, 1.82) is 0 Å². The summed E-state index contributed by atoms with van der Waals surface area (Å²) in [6, 6.07) is 89.9. The van der Waals surface area contributed by atoms with Gasteiger partial charge in [0.15, 0.2) is 0 Å². The molecule has 10 aromatic carbocycles. The lowest BCUT2D eigenvalue weighted by Crippen LogP contribution is -2.09. The number of thiophene rings is 1. The van der Waals surface area contributed by atoms with Crippen molar-refractivity contribution in [3.8, 4) is 27.9 Å². The number of hydrogen-bond donors (Lipinski definition) is 0. The first-order valence-corrected chi connectivity index (χ1v) is 22.6. The van der Waals surface area contributed by atoms with Gasteiger partial charge in [0, 0.05) is 70.8 Å². The van der Waals surface area contributed by atoms with E-state index in [0.29, 0.717) is 0 Å². The number of anilines is 6. The van der Waals surface area contributed by atoms with E-state index in [-0.39, 0.29) is 0 Å². The number of rotatable bonds is 9. The second-order valence-electron chi connectivity index (χ2n) is 16.2. The Labute approximate surface area is 376 Å². The molecule has 0 aliphatic heterocycles. The molecule has 0 N–H and O–H groups in total. The summed E-state index contributed by atoms with van der Waals surface area (Å²) in [7, 11) is 0. The number of fused-ring (bicyclic) bond motifs is 6. The summed E-state index contributed by atoms with van der Waals surface area (Å²) in [5.74, 6) is 0. The Morgan fingerprint density at radius 2 is 0.641 bits per heavy atom. The number of benzene rings is 10. The van der Waals surface area contributed by atoms with Gasteiger partial charge in [-0.2, -0.15) is 0 Å². The van der Waals surface area contributed by atoms with Crippen LogP contribution in [0.25, 0.3) is 69.9 Å². The molecule has 0 aliphatic carbocycles. The number of hydrogen-bond acceptors (Lipinski definition) is 3. The Morgan fingerprint density at radius 3 is 1.09 bits per heavy atom. The molecule has 0 fully saturated rings. The summed E-state index contributed by atoms with van der Waals surface area (Å²) >= 11 is 1.86. The van der Waals surface area contributed by atoms with E-state index in [1.54, 1.807) is 0 Å². The maximum absolute atomic E-state index is 2.45. The Balaban J connectivity index is 0.976. The highest BCUT2D eigenvalue weighted by molar-refractivity contribution is 7.25. The van der Waals surface area contributed by atoms with E-state index in [1.165, 1.54) is 64.2 Å². The van der Waals surface area contributed by atoms with E-state index in [1.807, 2.05) is 11.3 Å². The zero-order valence-corrected chi connectivity index (χ0v) is 35.7. The van der Waals surface area contributed by atoms with Crippen molar-refractivity contribution in [3.63, 3.8) is 0 Å². The largest absolute Gasteiger partial charge is 0.311 e. The van der Waals surface area contributed by atoms with Crippen LogP contribution in [0.15, 0.2) is 249 Å². The molecule has 12 rings (SSSR count). The predicted molar refractivity (Wildman–Crippen MR) is 274 cm³/mol. The summed E-state index contributed by atoms with van der Waals surface area (Å²) in [4.78, 5) is 4.62. The van der Waals surface area contributed by atoms with Crippen LogP contribution in [0, 0.1) is 0 Å². The molecule has 0 unspecified atom stereocenters. The van der Waals surface area contributed by atoms with Crippen LogP contribution in [-0.4, -0.2) is 4.57 Å². The van der Waals surface area contributed by atoms with Crippen LogP contribution in [0.5, 0.6) is 0 Å². The van der Waals surface area contributed by atoms with E-state index in [2.05, 4.69) is 263 Å². The molecule has 0 spiro atoms. The fourth-order valence-electron chi connectivity index (χ4n) is 9.32. The lowest BCUT2D eigenvalue weighted by atomic mass is 9.99. The van der Waals surface area contributed by atoms with E-state index in [4.69, 9.17) is 0 Å². The lowest BCUT2D eigenvalue weighted by molar-refractivity contribution is 1.19. The van der Waals surface area contributed by atoms with Gasteiger partial charge in [0.2, 0.25) is 0 Å². The molecule has 0 saturated heterocycles. The second kappa shape index (κ2) is 15.9. The van der Waals surface area contributed by atoms with E-state index in [0.717, 1.165) is 39.8 Å². The zero-order valence-electron chi connectivity index (χ0n) is 34.9. The highest BCUT2D eigenvalue weighted by Gasteiger charge is 2.18. The van der Waals surface area contributed by atoms with Crippen molar-refractivity contribution in [2.75, 3.05) is 9.80 Å². The summed E-state index contributed by atoms with van der Waals surface area (Å²) < 4.78 is 5.06. The molecule has 0 bridgehead atoms. The predicted octanol–water partition coefficient (Wildman–Crippen LogP) is 17.4. The van der Waals surface area contributed by atoms with E-state index >= 15 is 0 Å². The minimum atomic E-state index is 1.11. The molecular weight excluding hydrogens is 795 g/mol. The van der Waals surface area contributed by atoms with Gasteiger partial charge in [-0.3, -0.25) is 0 Å². The molecule has 3 nitrogen and oxygen atoms in total. The minimum Gasteiger partial charge on any atom is -0.311 e. The molecule has 12 aromatic rings. The van der Waals surface area contributed by atoms with Crippen LogP contribution >= 0.6 is 11.3 Å². The third-order valence-corrected chi connectivity index (χ3v) is 13.5. The van der Waals surface area contributed by atoms with Crippen molar-refractivity contribution >= 4 is 87.4 Å². The van der Waals surface area contributed by atoms with Gasteiger partial charge in [-0.05, 0) is 138 Å². The van der Waals surface area contributed by atoms with Gasteiger partial charge in [0.25, 0.3) is 0 Å². The van der Waals surface area contributed by atoms with Crippen molar-refractivity contribution in [3.05, 3.63) is 249 Å². The van der Waals surface area contributed by atoms with Crippen LogP contribution in [0.3, 0.4) is 0 Å². The SMILES string of the molecule is c1ccc(N(c2ccccc2)c2ccc(-c3ccc4c(c3)c3cc(-c5ccc(N(c6ccccc6)c6ccccc6)cc5)ccc3n4-c3ccc4c(c3)sc3ccccc34)cc2)cc1. The summed E-state index contributed by atoms with van der Waals surface area (Å²) in [5.41, 5.74) is 15.0. The molecule has 302 valence electrons. The third kappa shape index (κ3) is 6.69. The Morgan fingerprint density at radius 1 is 0.266 bits per heavy atom. The first-order chi connectivity index (χ1) is 31.7. The second-order valence-corrected chi connectivity index (χ2v) is 17.3. The zero-order chi connectivity index (χ0) is 42.4. The van der Waals surface area contributed by atoms with Gasteiger partial charge >= 0.3 is 0 Å². The average Bonchev–Trinajstić information content (AvgIpc) is 3.90. The van der Waals surface area contributed by atoms with Crippen LogP contribution in [0.1, 0.15) is 0 Å². The van der Waals surface area contributed by atoms with Gasteiger partial charge in [-0.25, -0.2) is 0 Å². The number of nitrogens with zero attached hydrogens (tertiary/aromatic N) is 3. The lowest BCUT2D eigenvalue weighted by Gasteiger charge is -2.25. The molecule has 4 heteroatoms. The van der Waals surface area contributed by atoms with Crippen molar-refractivity contribution in [2.45, 2.75) is 0 Å². The maximum Gasteiger partial charge on any atom is 0.0541 e. The summed E-state index contributed by atoms with van der Waals surface area (Å²) in [6.45, 7) is 0. The van der Waals surface area contributed by atoms with Crippen molar-refractivity contribution in [2.24, 2.45) is 0 Å². The van der Waals surface area contributed by atoms with Gasteiger partial charge < -0.3 is 14.4 Å². The van der Waals surface area contributed by atoms with Crippen molar-refractivity contribution in [1.82, 2.24) is 4.57 Å². The quantitative estimate of drug-likeness (QED) is 0.143. The fraction of sp³-hybridized carbons (Fsp3) is 0. The molecular formula is C60H41N3S. The normalized spacial score (nSPS) is 11.4. The molecule has 0 radical (unpaired) electrons. The molecule has 64 heavy (non-hydrogen) atoms. The van der Waals surface area contributed by atoms with Gasteiger partial charge in [-0.1, -0.05) is 133 Å². The first-order valence-electron chi connectivity index (χ1n) is 21.7. The summed E-state index contributed by atoms with van der Waals surface area (Å²) in [5, 5.41) is 5.06. The molecule has 2 heterocycles. The Bertz CT molecular complexity index is 3320.